The van der Waals surface area contributed by atoms with Gasteiger partial charge in [-0.2, -0.15) is 0 Å². The van der Waals surface area contributed by atoms with E-state index < -0.39 is 0 Å². The number of carbonyl (C=O) groups is 1. The van der Waals surface area contributed by atoms with Gasteiger partial charge in [0.1, 0.15) is 5.75 Å². The van der Waals surface area contributed by atoms with Crippen molar-refractivity contribution >= 4 is 11.6 Å². The first kappa shape index (κ1) is 18.5. The zero-order valence-electron chi connectivity index (χ0n) is 15.9. The summed E-state index contributed by atoms with van der Waals surface area (Å²) in [5.41, 5.74) is 2.75. The van der Waals surface area contributed by atoms with Crippen molar-refractivity contribution in [3.63, 3.8) is 0 Å². The van der Waals surface area contributed by atoms with E-state index in [1.54, 1.807) is 19.0 Å². The van der Waals surface area contributed by atoms with Gasteiger partial charge in [-0.3, -0.25) is 4.79 Å². The molecule has 0 saturated heterocycles. The highest BCUT2D eigenvalue weighted by Gasteiger charge is 2.12. The second-order valence-electron chi connectivity index (χ2n) is 6.64. The first-order chi connectivity index (χ1) is 13.0. The maximum absolute atomic E-state index is 12.2. The average Bonchev–Trinajstić information content (AvgIpc) is 2.68. The molecular formula is C23H24N2O2. The Labute approximate surface area is 160 Å². The third-order valence-corrected chi connectivity index (χ3v) is 4.25. The summed E-state index contributed by atoms with van der Waals surface area (Å²) in [5, 5.41) is 0. The Morgan fingerprint density at radius 3 is 2.30 bits per heavy atom. The van der Waals surface area contributed by atoms with Crippen molar-refractivity contribution in [2.45, 2.75) is 6.54 Å². The first-order valence-corrected chi connectivity index (χ1v) is 8.88. The van der Waals surface area contributed by atoms with E-state index >= 15 is 0 Å². The molecule has 4 nitrogen and oxygen atoms in total. The summed E-state index contributed by atoms with van der Waals surface area (Å²) in [4.78, 5) is 15.9. The number of anilines is 1. The van der Waals surface area contributed by atoms with E-state index in [-0.39, 0.29) is 5.91 Å². The van der Waals surface area contributed by atoms with Crippen LogP contribution < -0.4 is 9.64 Å². The number of para-hydroxylation sites is 3. The van der Waals surface area contributed by atoms with Crippen LogP contribution in [-0.2, 0) is 6.54 Å². The highest BCUT2D eigenvalue weighted by Crippen LogP contribution is 2.32. The summed E-state index contributed by atoms with van der Waals surface area (Å²) in [7, 11) is 5.55. The molecule has 0 bridgehead atoms. The minimum atomic E-state index is 0.00677. The molecule has 3 aromatic rings. The Balaban J connectivity index is 1.80. The van der Waals surface area contributed by atoms with Crippen LogP contribution in [0.15, 0.2) is 78.9 Å². The number of rotatable bonds is 6. The van der Waals surface area contributed by atoms with Gasteiger partial charge in [0.2, 0.25) is 0 Å². The third kappa shape index (κ3) is 4.67. The molecule has 0 saturated carbocycles. The quantitative estimate of drug-likeness (QED) is 0.632. The Kier molecular flexibility index (Phi) is 5.77. The fourth-order valence-electron chi connectivity index (χ4n) is 2.89. The molecular weight excluding hydrogens is 336 g/mol. The van der Waals surface area contributed by atoms with E-state index in [0.717, 1.165) is 22.7 Å². The number of amides is 1. The van der Waals surface area contributed by atoms with Crippen LogP contribution in [0, 0.1) is 0 Å². The summed E-state index contributed by atoms with van der Waals surface area (Å²) >= 11 is 0. The van der Waals surface area contributed by atoms with Crippen molar-refractivity contribution < 1.29 is 9.53 Å². The van der Waals surface area contributed by atoms with Gasteiger partial charge in [0.25, 0.3) is 5.91 Å². The number of carbonyl (C=O) groups excluding carboxylic acids is 1. The molecule has 0 radical (unpaired) electrons. The Morgan fingerprint density at radius 2 is 1.56 bits per heavy atom. The monoisotopic (exact) mass is 360 g/mol. The van der Waals surface area contributed by atoms with Crippen LogP contribution in [0.5, 0.6) is 11.5 Å². The molecule has 0 atom stereocenters. The molecule has 3 rings (SSSR count). The van der Waals surface area contributed by atoms with Crippen LogP contribution in [0.4, 0.5) is 5.69 Å². The molecule has 0 spiro atoms. The van der Waals surface area contributed by atoms with E-state index in [1.165, 1.54) is 0 Å². The SMILES string of the molecule is CN(C)C(=O)c1cccc(CN(C)c2ccccc2Oc2ccccc2)c1. The lowest BCUT2D eigenvalue weighted by atomic mass is 10.1. The highest BCUT2D eigenvalue weighted by atomic mass is 16.5. The van der Waals surface area contributed by atoms with Crippen molar-refractivity contribution in [2.24, 2.45) is 0 Å². The van der Waals surface area contributed by atoms with E-state index in [4.69, 9.17) is 4.74 Å². The maximum atomic E-state index is 12.2. The molecule has 0 aliphatic carbocycles. The Hall–Kier alpha value is -3.27. The smallest absolute Gasteiger partial charge is 0.253 e. The van der Waals surface area contributed by atoms with Crippen molar-refractivity contribution in [2.75, 3.05) is 26.0 Å². The summed E-state index contributed by atoms with van der Waals surface area (Å²) in [5.74, 6) is 1.61. The summed E-state index contributed by atoms with van der Waals surface area (Å²) < 4.78 is 6.06. The third-order valence-electron chi connectivity index (χ3n) is 4.25. The van der Waals surface area contributed by atoms with Gasteiger partial charge < -0.3 is 14.5 Å². The molecule has 0 aliphatic heterocycles. The van der Waals surface area contributed by atoms with Gasteiger partial charge in [-0.25, -0.2) is 0 Å². The minimum absolute atomic E-state index is 0.00677. The minimum Gasteiger partial charge on any atom is -0.455 e. The van der Waals surface area contributed by atoms with Crippen LogP contribution in [0.1, 0.15) is 15.9 Å². The molecule has 0 aliphatic rings. The molecule has 3 aromatic carbocycles. The van der Waals surface area contributed by atoms with Gasteiger partial charge in [0, 0.05) is 33.3 Å². The predicted molar refractivity (Wildman–Crippen MR) is 110 cm³/mol. The molecule has 0 N–H and O–H groups in total. The van der Waals surface area contributed by atoms with Crippen molar-refractivity contribution in [1.29, 1.82) is 0 Å². The number of nitrogens with zero attached hydrogens (tertiary/aromatic N) is 2. The second kappa shape index (κ2) is 8.41. The lowest BCUT2D eigenvalue weighted by Crippen LogP contribution is -2.22. The van der Waals surface area contributed by atoms with Crippen LogP contribution in [-0.4, -0.2) is 32.0 Å². The summed E-state index contributed by atoms with van der Waals surface area (Å²) in [6.07, 6.45) is 0. The van der Waals surface area contributed by atoms with E-state index in [2.05, 4.69) is 4.90 Å². The normalized spacial score (nSPS) is 10.3. The number of benzene rings is 3. The van der Waals surface area contributed by atoms with Crippen LogP contribution in [0.2, 0.25) is 0 Å². The lowest BCUT2D eigenvalue weighted by molar-refractivity contribution is 0.0827. The molecule has 1 amide bonds. The lowest BCUT2D eigenvalue weighted by Gasteiger charge is -2.23. The maximum Gasteiger partial charge on any atom is 0.253 e. The molecule has 0 unspecified atom stereocenters. The first-order valence-electron chi connectivity index (χ1n) is 8.88. The predicted octanol–water partition coefficient (Wildman–Crippen LogP) is 4.82. The van der Waals surface area contributed by atoms with Crippen molar-refractivity contribution in [1.82, 2.24) is 4.90 Å². The van der Waals surface area contributed by atoms with Crippen LogP contribution >= 0.6 is 0 Å². The molecule has 0 aromatic heterocycles. The Morgan fingerprint density at radius 1 is 0.852 bits per heavy atom. The Bertz CT molecular complexity index is 907. The van der Waals surface area contributed by atoms with Crippen LogP contribution in [0.3, 0.4) is 0 Å². The topological polar surface area (TPSA) is 32.8 Å². The zero-order valence-corrected chi connectivity index (χ0v) is 15.9. The van der Waals surface area contributed by atoms with E-state index in [1.807, 2.05) is 85.9 Å². The van der Waals surface area contributed by atoms with E-state index in [0.29, 0.717) is 12.1 Å². The average molecular weight is 360 g/mol. The summed E-state index contributed by atoms with van der Waals surface area (Å²) in [6, 6.07) is 25.4. The summed E-state index contributed by atoms with van der Waals surface area (Å²) in [6.45, 7) is 0.670. The molecule has 138 valence electrons. The standard InChI is InChI=1S/C23H24N2O2/c1-24(2)23(26)19-11-9-10-18(16-19)17-25(3)21-14-7-8-15-22(21)27-20-12-5-4-6-13-20/h4-16H,17H2,1-3H3. The van der Waals surface area contributed by atoms with Gasteiger partial charge in [0.05, 0.1) is 5.69 Å². The van der Waals surface area contributed by atoms with Gasteiger partial charge in [-0.15, -0.1) is 0 Å². The molecule has 27 heavy (non-hydrogen) atoms. The van der Waals surface area contributed by atoms with E-state index in [9.17, 15) is 4.79 Å². The fraction of sp³-hybridized carbons (Fsp3) is 0.174. The van der Waals surface area contributed by atoms with Gasteiger partial charge >= 0.3 is 0 Å². The molecule has 4 heteroatoms. The van der Waals surface area contributed by atoms with Crippen LogP contribution in [0.25, 0.3) is 0 Å². The largest absolute Gasteiger partial charge is 0.455 e. The van der Waals surface area contributed by atoms with Gasteiger partial charge in [0.15, 0.2) is 5.75 Å². The molecule has 0 heterocycles. The van der Waals surface area contributed by atoms with Crippen molar-refractivity contribution in [3.05, 3.63) is 90.0 Å². The molecule has 0 fully saturated rings. The zero-order chi connectivity index (χ0) is 19.2. The number of hydrogen-bond donors (Lipinski definition) is 0. The fourth-order valence-corrected chi connectivity index (χ4v) is 2.89. The van der Waals surface area contributed by atoms with Crippen molar-refractivity contribution in [3.8, 4) is 11.5 Å². The number of hydrogen-bond acceptors (Lipinski definition) is 3. The highest BCUT2D eigenvalue weighted by molar-refractivity contribution is 5.94. The second-order valence-corrected chi connectivity index (χ2v) is 6.64. The number of ether oxygens (including phenoxy) is 1. The van der Waals surface area contributed by atoms with Gasteiger partial charge in [-0.1, -0.05) is 42.5 Å². The van der Waals surface area contributed by atoms with Gasteiger partial charge in [-0.05, 0) is 42.0 Å².